The lowest BCUT2D eigenvalue weighted by Gasteiger charge is -2.17. The highest BCUT2D eigenvalue weighted by molar-refractivity contribution is 6.01. The van der Waals surface area contributed by atoms with Crippen molar-refractivity contribution in [2.45, 2.75) is 32.2 Å². The molecule has 0 spiro atoms. The van der Waals surface area contributed by atoms with Crippen molar-refractivity contribution in [3.05, 3.63) is 99.5 Å². The van der Waals surface area contributed by atoms with Gasteiger partial charge in [0, 0.05) is 44.6 Å². The number of hydrogen-bond donors (Lipinski definition) is 2. The van der Waals surface area contributed by atoms with Crippen molar-refractivity contribution in [1.82, 2.24) is 24.8 Å². The SMILES string of the molecule is O=C(NCCCN1CCCC1=O)c1c(O)c2ncc(Cc3ccc(F)cc3)cc2n(Cc2ccncc2)c1=O. The molecule has 5 rings (SSSR count). The number of hydrogen-bond acceptors (Lipinski definition) is 6. The summed E-state index contributed by atoms with van der Waals surface area (Å²) in [6.45, 7) is 1.62. The van der Waals surface area contributed by atoms with Crippen LogP contribution in [0.1, 0.15) is 46.3 Å². The lowest BCUT2D eigenvalue weighted by atomic mass is 10.0. The van der Waals surface area contributed by atoms with Crippen LogP contribution in [0, 0.1) is 5.82 Å². The van der Waals surface area contributed by atoms with Gasteiger partial charge in [0.2, 0.25) is 5.91 Å². The van der Waals surface area contributed by atoms with E-state index >= 15 is 0 Å². The number of carbonyl (C=O) groups is 2. The number of aromatic hydroxyl groups is 1. The Labute approximate surface area is 223 Å². The molecule has 0 atom stereocenters. The number of likely N-dealkylation sites (tertiary alicyclic amines) is 1. The summed E-state index contributed by atoms with van der Waals surface area (Å²) in [5.41, 5.74) is 1.86. The Bertz CT molecular complexity index is 1570. The first-order valence-electron chi connectivity index (χ1n) is 12.8. The minimum absolute atomic E-state index is 0.109. The summed E-state index contributed by atoms with van der Waals surface area (Å²) in [5, 5.41) is 13.7. The van der Waals surface area contributed by atoms with E-state index in [1.165, 1.54) is 16.7 Å². The van der Waals surface area contributed by atoms with Crippen molar-refractivity contribution < 1.29 is 19.1 Å². The maximum Gasteiger partial charge on any atom is 0.268 e. The lowest BCUT2D eigenvalue weighted by molar-refractivity contribution is -0.127. The van der Waals surface area contributed by atoms with E-state index in [-0.39, 0.29) is 35.9 Å². The van der Waals surface area contributed by atoms with Crippen LogP contribution in [-0.4, -0.2) is 56.0 Å². The quantitative estimate of drug-likeness (QED) is 0.322. The first-order chi connectivity index (χ1) is 18.9. The molecule has 1 aliphatic rings. The van der Waals surface area contributed by atoms with Gasteiger partial charge in [-0.05, 0) is 66.3 Å². The van der Waals surface area contributed by atoms with E-state index in [1.807, 2.05) is 0 Å². The van der Waals surface area contributed by atoms with Crippen molar-refractivity contribution in [2.24, 2.45) is 0 Å². The molecule has 1 saturated heterocycles. The topological polar surface area (TPSA) is 117 Å². The first kappa shape index (κ1) is 26.0. The van der Waals surface area contributed by atoms with Crippen LogP contribution < -0.4 is 10.9 Å². The summed E-state index contributed by atoms with van der Waals surface area (Å²) in [4.78, 5) is 48.7. The molecular weight excluding hydrogens is 501 g/mol. The Morgan fingerprint density at radius 2 is 1.82 bits per heavy atom. The Kier molecular flexibility index (Phi) is 7.62. The van der Waals surface area contributed by atoms with Crippen LogP contribution >= 0.6 is 0 Å². The maximum absolute atomic E-state index is 13.6. The van der Waals surface area contributed by atoms with E-state index in [2.05, 4.69) is 15.3 Å². The third kappa shape index (κ3) is 5.79. The van der Waals surface area contributed by atoms with E-state index in [0.29, 0.717) is 37.9 Å². The number of halogens is 1. The fraction of sp³-hybridized carbons (Fsp3) is 0.276. The predicted molar refractivity (Wildman–Crippen MR) is 143 cm³/mol. The van der Waals surface area contributed by atoms with Gasteiger partial charge in [-0.1, -0.05) is 12.1 Å². The minimum Gasteiger partial charge on any atom is -0.505 e. The zero-order chi connectivity index (χ0) is 27.4. The zero-order valence-electron chi connectivity index (χ0n) is 21.3. The molecule has 2 amide bonds. The van der Waals surface area contributed by atoms with Gasteiger partial charge in [0.15, 0.2) is 5.75 Å². The molecule has 39 heavy (non-hydrogen) atoms. The molecule has 0 bridgehead atoms. The molecule has 4 heterocycles. The molecule has 0 aliphatic carbocycles. The Morgan fingerprint density at radius 1 is 1.05 bits per heavy atom. The average molecular weight is 530 g/mol. The number of nitrogens with one attached hydrogen (secondary N) is 1. The summed E-state index contributed by atoms with van der Waals surface area (Å²) in [7, 11) is 0. The number of nitrogens with zero attached hydrogens (tertiary/aromatic N) is 4. The van der Waals surface area contributed by atoms with Gasteiger partial charge in [-0.25, -0.2) is 4.39 Å². The highest BCUT2D eigenvalue weighted by Gasteiger charge is 2.24. The molecule has 9 nitrogen and oxygen atoms in total. The van der Waals surface area contributed by atoms with Crippen molar-refractivity contribution in [1.29, 1.82) is 0 Å². The normalized spacial score (nSPS) is 13.3. The Balaban J connectivity index is 1.46. The number of carbonyl (C=O) groups excluding carboxylic acids is 2. The van der Waals surface area contributed by atoms with Crippen molar-refractivity contribution >= 4 is 22.8 Å². The highest BCUT2D eigenvalue weighted by Crippen LogP contribution is 2.26. The molecule has 4 aromatic rings. The third-order valence-electron chi connectivity index (χ3n) is 6.84. The molecule has 3 aromatic heterocycles. The Morgan fingerprint density at radius 3 is 2.54 bits per heavy atom. The molecular formula is C29H28FN5O4. The van der Waals surface area contributed by atoms with E-state index < -0.39 is 17.2 Å². The van der Waals surface area contributed by atoms with Gasteiger partial charge in [-0.15, -0.1) is 0 Å². The van der Waals surface area contributed by atoms with Crippen LogP contribution in [0.5, 0.6) is 5.75 Å². The number of pyridine rings is 3. The summed E-state index contributed by atoms with van der Waals surface area (Å²) in [5.74, 6) is -1.41. The molecule has 1 aliphatic heterocycles. The van der Waals surface area contributed by atoms with Crippen LogP contribution in [0.25, 0.3) is 11.0 Å². The van der Waals surface area contributed by atoms with Gasteiger partial charge in [-0.3, -0.25) is 24.4 Å². The second-order valence-corrected chi connectivity index (χ2v) is 9.58. The number of fused-ring (bicyclic) bond motifs is 1. The molecule has 1 aromatic carbocycles. The van der Waals surface area contributed by atoms with Crippen molar-refractivity contribution in [3.63, 3.8) is 0 Å². The predicted octanol–water partition coefficient (Wildman–Crippen LogP) is 3.02. The van der Waals surface area contributed by atoms with Crippen LogP contribution in [0.2, 0.25) is 0 Å². The number of benzene rings is 1. The van der Waals surface area contributed by atoms with Gasteiger partial charge in [0.25, 0.3) is 11.5 Å². The lowest BCUT2D eigenvalue weighted by Crippen LogP contribution is -2.35. The minimum atomic E-state index is -0.701. The van der Waals surface area contributed by atoms with E-state index in [0.717, 1.165) is 23.1 Å². The van der Waals surface area contributed by atoms with Gasteiger partial charge < -0.3 is 19.9 Å². The average Bonchev–Trinajstić information content (AvgIpc) is 3.35. The highest BCUT2D eigenvalue weighted by atomic mass is 19.1. The van der Waals surface area contributed by atoms with Gasteiger partial charge in [0.05, 0.1) is 12.1 Å². The van der Waals surface area contributed by atoms with Crippen LogP contribution in [-0.2, 0) is 17.8 Å². The molecule has 10 heteroatoms. The second-order valence-electron chi connectivity index (χ2n) is 9.58. The summed E-state index contributed by atoms with van der Waals surface area (Å²) >= 11 is 0. The van der Waals surface area contributed by atoms with Crippen molar-refractivity contribution in [2.75, 3.05) is 19.6 Å². The molecule has 0 saturated carbocycles. The summed E-state index contributed by atoms with van der Waals surface area (Å²) in [6, 6.07) is 11.4. The fourth-order valence-corrected chi connectivity index (χ4v) is 4.81. The van der Waals surface area contributed by atoms with Gasteiger partial charge >= 0.3 is 0 Å². The smallest absolute Gasteiger partial charge is 0.268 e. The molecule has 0 radical (unpaired) electrons. The number of rotatable bonds is 9. The van der Waals surface area contributed by atoms with Crippen LogP contribution in [0.15, 0.2) is 65.8 Å². The first-order valence-corrected chi connectivity index (χ1v) is 12.8. The number of amides is 2. The van der Waals surface area contributed by atoms with Gasteiger partial charge in [-0.2, -0.15) is 0 Å². The standard InChI is InChI=1S/C29H28FN5O4/c30-22-6-4-19(5-7-22)15-21-16-23-26(33-17-21)27(37)25(29(39)35(23)18-20-8-11-31-12-9-20)28(38)32-10-2-14-34-13-1-3-24(34)36/h4-9,11-12,16-17,37H,1-3,10,13-15,18H2,(H,32,38). The molecule has 1 fully saturated rings. The maximum atomic E-state index is 13.6. The number of aromatic nitrogens is 3. The van der Waals surface area contributed by atoms with Crippen molar-refractivity contribution in [3.8, 4) is 5.75 Å². The largest absolute Gasteiger partial charge is 0.505 e. The van der Waals surface area contributed by atoms with Gasteiger partial charge in [0.1, 0.15) is 16.9 Å². The second kappa shape index (κ2) is 11.4. The molecule has 0 unspecified atom stereocenters. The van der Waals surface area contributed by atoms with Crippen LogP contribution in [0.4, 0.5) is 4.39 Å². The van der Waals surface area contributed by atoms with E-state index in [4.69, 9.17) is 0 Å². The molecule has 2 N–H and O–H groups in total. The van der Waals surface area contributed by atoms with Crippen LogP contribution in [0.3, 0.4) is 0 Å². The monoisotopic (exact) mass is 529 g/mol. The third-order valence-corrected chi connectivity index (χ3v) is 6.84. The molecule has 200 valence electrons. The summed E-state index contributed by atoms with van der Waals surface area (Å²) in [6.07, 6.45) is 7.15. The Hall–Kier alpha value is -4.60. The van der Waals surface area contributed by atoms with E-state index in [1.54, 1.807) is 53.8 Å². The fourth-order valence-electron chi connectivity index (χ4n) is 4.81. The zero-order valence-corrected chi connectivity index (χ0v) is 21.3. The van der Waals surface area contributed by atoms with E-state index in [9.17, 15) is 23.9 Å². The summed E-state index contributed by atoms with van der Waals surface area (Å²) < 4.78 is 14.8.